The second-order valence-electron chi connectivity index (χ2n) is 3.60. The second kappa shape index (κ2) is 6.70. The second-order valence-corrected chi connectivity index (χ2v) is 5.11. The molecule has 0 fully saturated rings. The number of alkyl halides is 2. The molecule has 0 aromatic carbocycles. The zero-order valence-corrected chi connectivity index (χ0v) is 10.9. The minimum Gasteiger partial charge on any atom is -0.743 e. The number of carbonyl (C=O) groups excluding carboxylic acids is 2. The summed E-state index contributed by atoms with van der Waals surface area (Å²) in [6, 6.07) is 0. The van der Waals surface area contributed by atoms with Crippen LogP contribution >= 0.6 is 0 Å². The van der Waals surface area contributed by atoms with E-state index in [2.05, 4.69) is 16.1 Å². The molecular formula is C9H10F3O7S-. The summed E-state index contributed by atoms with van der Waals surface area (Å²) in [7, 11) is -5.97. The third-order valence-corrected chi connectivity index (χ3v) is 2.69. The smallest absolute Gasteiger partial charge is 0.367 e. The van der Waals surface area contributed by atoms with Gasteiger partial charge in [0.05, 0.1) is 5.92 Å². The number of halogens is 3. The fourth-order valence-corrected chi connectivity index (χ4v) is 0.920. The maximum atomic E-state index is 12.7. The summed E-state index contributed by atoms with van der Waals surface area (Å²) in [5, 5.41) is -4.77. The Kier molecular flexibility index (Phi) is 6.16. The maximum Gasteiger partial charge on any atom is 0.367 e. The van der Waals surface area contributed by atoms with Gasteiger partial charge in [-0.05, 0) is 6.92 Å². The molecule has 0 aromatic heterocycles. The van der Waals surface area contributed by atoms with Gasteiger partial charge in [0.1, 0.15) is 6.61 Å². The summed E-state index contributed by atoms with van der Waals surface area (Å²) in [6.07, 6.45) is 0. The molecule has 0 aliphatic rings. The molecule has 0 saturated carbocycles. The molecular weight excluding hydrogens is 309 g/mol. The Balaban J connectivity index is 4.36. The summed E-state index contributed by atoms with van der Waals surface area (Å²) in [4.78, 5) is 21.8. The normalized spacial score (nSPS) is 13.4. The Morgan fingerprint density at radius 1 is 1.35 bits per heavy atom. The third-order valence-electron chi connectivity index (χ3n) is 1.84. The molecule has 0 aromatic rings. The Labute approximate surface area is 112 Å². The molecule has 0 radical (unpaired) electrons. The number of carbonyl (C=O) groups is 2. The van der Waals surface area contributed by atoms with Crippen molar-refractivity contribution in [3.63, 3.8) is 0 Å². The van der Waals surface area contributed by atoms with Gasteiger partial charge in [-0.25, -0.2) is 13.2 Å². The van der Waals surface area contributed by atoms with Crippen LogP contribution in [0.4, 0.5) is 13.2 Å². The van der Waals surface area contributed by atoms with Crippen molar-refractivity contribution in [3.8, 4) is 0 Å². The van der Waals surface area contributed by atoms with E-state index in [9.17, 15) is 35.7 Å². The lowest BCUT2D eigenvalue weighted by Gasteiger charge is -2.20. The first-order valence-electron chi connectivity index (χ1n) is 4.90. The van der Waals surface area contributed by atoms with Crippen LogP contribution in [0.15, 0.2) is 12.4 Å². The summed E-state index contributed by atoms with van der Waals surface area (Å²) < 4.78 is 75.9. The SMILES string of the molecule is C=C(F)C(=O)OCC(C)C(=O)OCC(F)(F)S(=O)(=O)[O-]. The van der Waals surface area contributed by atoms with Gasteiger partial charge in [0.2, 0.25) is 5.83 Å². The van der Waals surface area contributed by atoms with Crippen molar-refractivity contribution in [2.45, 2.75) is 12.2 Å². The molecule has 0 rings (SSSR count). The average Bonchev–Trinajstić information content (AvgIpc) is 2.30. The molecule has 0 aliphatic carbocycles. The van der Waals surface area contributed by atoms with Gasteiger partial charge < -0.3 is 14.0 Å². The van der Waals surface area contributed by atoms with Gasteiger partial charge in [0.15, 0.2) is 16.7 Å². The summed E-state index contributed by atoms with van der Waals surface area (Å²) >= 11 is 0. The lowest BCUT2D eigenvalue weighted by Crippen LogP contribution is -2.36. The molecule has 116 valence electrons. The molecule has 0 amide bonds. The largest absolute Gasteiger partial charge is 0.743 e. The van der Waals surface area contributed by atoms with Crippen molar-refractivity contribution < 1.29 is 45.2 Å². The van der Waals surface area contributed by atoms with Gasteiger partial charge in [0, 0.05) is 0 Å². The van der Waals surface area contributed by atoms with Crippen molar-refractivity contribution in [2.24, 2.45) is 5.92 Å². The van der Waals surface area contributed by atoms with E-state index < -0.39 is 52.3 Å². The van der Waals surface area contributed by atoms with E-state index in [4.69, 9.17) is 0 Å². The van der Waals surface area contributed by atoms with Crippen LogP contribution in [0.25, 0.3) is 0 Å². The highest BCUT2D eigenvalue weighted by Crippen LogP contribution is 2.21. The zero-order chi connectivity index (χ0) is 16.1. The average molecular weight is 319 g/mol. The maximum absolute atomic E-state index is 12.7. The van der Waals surface area contributed by atoms with Crippen LogP contribution in [-0.2, 0) is 29.2 Å². The highest BCUT2D eigenvalue weighted by molar-refractivity contribution is 7.86. The molecule has 0 heterocycles. The number of rotatable bonds is 7. The van der Waals surface area contributed by atoms with Crippen LogP contribution in [-0.4, -0.2) is 43.4 Å². The van der Waals surface area contributed by atoms with Gasteiger partial charge in [-0.1, -0.05) is 6.58 Å². The Morgan fingerprint density at radius 2 is 1.85 bits per heavy atom. The van der Waals surface area contributed by atoms with E-state index in [1.165, 1.54) is 0 Å². The predicted octanol–water partition coefficient (Wildman–Crippen LogP) is 0.330. The molecule has 0 saturated heterocycles. The number of hydrogen-bond donors (Lipinski definition) is 0. The van der Waals surface area contributed by atoms with E-state index in [1.807, 2.05) is 0 Å². The minimum atomic E-state index is -5.97. The first-order chi connectivity index (χ1) is 8.88. The van der Waals surface area contributed by atoms with Crippen molar-refractivity contribution in [1.29, 1.82) is 0 Å². The highest BCUT2D eigenvalue weighted by Gasteiger charge is 2.39. The third kappa shape index (κ3) is 5.57. The minimum absolute atomic E-state index is 0.698. The van der Waals surface area contributed by atoms with E-state index in [1.54, 1.807) is 0 Å². The predicted molar refractivity (Wildman–Crippen MR) is 56.0 cm³/mol. The lowest BCUT2D eigenvalue weighted by molar-refractivity contribution is -0.158. The van der Waals surface area contributed by atoms with Crippen LogP contribution in [0.3, 0.4) is 0 Å². The molecule has 1 unspecified atom stereocenters. The summed E-state index contributed by atoms with van der Waals surface area (Å²) in [5.74, 6) is -5.50. The van der Waals surface area contributed by atoms with Gasteiger partial charge in [-0.2, -0.15) is 13.2 Å². The van der Waals surface area contributed by atoms with Crippen molar-refractivity contribution in [2.75, 3.05) is 13.2 Å². The summed E-state index contributed by atoms with van der Waals surface area (Å²) in [5.41, 5.74) is 0. The molecule has 7 nitrogen and oxygen atoms in total. The van der Waals surface area contributed by atoms with Crippen LogP contribution < -0.4 is 0 Å². The van der Waals surface area contributed by atoms with Gasteiger partial charge >= 0.3 is 17.2 Å². The van der Waals surface area contributed by atoms with Crippen LogP contribution in [0.5, 0.6) is 0 Å². The van der Waals surface area contributed by atoms with E-state index >= 15 is 0 Å². The Bertz CT molecular complexity index is 500. The fraction of sp³-hybridized carbons (Fsp3) is 0.556. The quantitative estimate of drug-likeness (QED) is 0.378. The first kappa shape index (κ1) is 18.4. The van der Waals surface area contributed by atoms with E-state index in [0.717, 1.165) is 6.92 Å². The molecule has 11 heteroatoms. The number of hydrogen-bond acceptors (Lipinski definition) is 7. The monoisotopic (exact) mass is 319 g/mol. The van der Waals surface area contributed by atoms with Crippen LogP contribution in [0, 0.1) is 5.92 Å². The van der Waals surface area contributed by atoms with E-state index in [0.29, 0.717) is 0 Å². The van der Waals surface area contributed by atoms with Crippen LogP contribution in [0.2, 0.25) is 0 Å². The molecule has 0 bridgehead atoms. The Hall–Kier alpha value is -1.62. The Morgan fingerprint density at radius 3 is 2.25 bits per heavy atom. The van der Waals surface area contributed by atoms with E-state index in [-0.39, 0.29) is 0 Å². The highest BCUT2D eigenvalue weighted by atomic mass is 32.2. The topological polar surface area (TPSA) is 110 Å². The molecule has 20 heavy (non-hydrogen) atoms. The summed E-state index contributed by atoms with van der Waals surface area (Å²) in [6.45, 7) is 1.03. The fourth-order valence-electron chi connectivity index (χ4n) is 0.717. The van der Waals surface area contributed by atoms with Crippen molar-refractivity contribution in [3.05, 3.63) is 12.4 Å². The molecule has 0 N–H and O–H groups in total. The van der Waals surface area contributed by atoms with Gasteiger partial charge in [0.25, 0.3) is 0 Å². The zero-order valence-electron chi connectivity index (χ0n) is 10.1. The number of esters is 2. The molecule has 1 atom stereocenters. The van der Waals surface area contributed by atoms with Crippen molar-refractivity contribution in [1.82, 2.24) is 0 Å². The van der Waals surface area contributed by atoms with Crippen molar-refractivity contribution >= 4 is 22.1 Å². The lowest BCUT2D eigenvalue weighted by atomic mass is 10.2. The first-order valence-corrected chi connectivity index (χ1v) is 6.30. The molecule has 0 aliphatic heterocycles. The molecule has 0 spiro atoms. The van der Waals surface area contributed by atoms with Gasteiger partial charge in [-0.15, -0.1) is 0 Å². The van der Waals surface area contributed by atoms with Gasteiger partial charge in [-0.3, -0.25) is 4.79 Å². The van der Waals surface area contributed by atoms with Crippen LogP contribution in [0.1, 0.15) is 6.92 Å². The number of ether oxygens (including phenoxy) is 2. The standard InChI is InChI=1S/C9H11F3O7S/c1-5(3-18-8(14)6(2)10)7(13)19-4-9(11,12)20(15,16)17/h5H,2-4H2,1H3,(H,15,16,17)/p-1.